The first-order valence-corrected chi connectivity index (χ1v) is 8.28. The Morgan fingerprint density at radius 2 is 1.31 bits per heavy atom. The second-order valence-corrected chi connectivity index (χ2v) is 5.79. The molecule has 0 aromatic heterocycles. The summed E-state index contributed by atoms with van der Waals surface area (Å²) in [4.78, 5) is 25.8. The molecule has 0 fully saturated rings. The molecule has 26 heavy (non-hydrogen) atoms. The third-order valence-electron chi connectivity index (χ3n) is 4.23. The minimum absolute atomic E-state index is 0.0635. The summed E-state index contributed by atoms with van der Waals surface area (Å²) in [5.41, 5.74) is 2.21. The van der Waals surface area contributed by atoms with E-state index in [4.69, 9.17) is 0 Å². The molecule has 0 saturated carbocycles. The van der Waals surface area contributed by atoms with Gasteiger partial charge >= 0.3 is 0 Å². The van der Waals surface area contributed by atoms with Crippen molar-refractivity contribution in [2.45, 2.75) is 0 Å². The predicted molar refractivity (Wildman–Crippen MR) is 107 cm³/mol. The normalized spacial score (nSPS) is 11.2. The number of hydrogen-bond donors (Lipinski definition) is 0. The summed E-state index contributed by atoms with van der Waals surface area (Å²) >= 11 is 0. The van der Waals surface area contributed by atoms with Gasteiger partial charge in [-0.3, -0.25) is 9.59 Å². The Bertz CT molecular complexity index is 1040. The van der Waals surface area contributed by atoms with Crippen LogP contribution in [0.4, 0.5) is 0 Å². The molecule has 0 amide bonds. The zero-order valence-electron chi connectivity index (χ0n) is 14.3. The minimum atomic E-state index is -0.144. The lowest BCUT2D eigenvalue weighted by atomic mass is 9.91. The number of carbonyl (C=O) groups excluding carboxylic acids is 2. The van der Waals surface area contributed by atoms with E-state index in [9.17, 15) is 9.59 Å². The lowest BCUT2D eigenvalue weighted by Crippen LogP contribution is -2.06. The number of carbonyl (C=O) groups is 2. The van der Waals surface area contributed by atoms with E-state index in [1.807, 2.05) is 42.5 Å². The van der Waals surface area contributed by atoms with E-state index in [-0.39, 0.29) is 11.6 Å². The molecule has 0 radical (unpaired) electrons. The van der Waals surface area contributed by atoms with Gasteiger partial charge in [0.1, 0.15) is 0 Å². The van der Waals surface area contributed by atoms with E-state index in [2.05, 4.69) is 13.2 Å². The molecule has 3 aromatic carbocycles. The highest BCUT2D eigenvalue weighted by Gasteiger charge is 2.18. The number of rotatable bonds is 6. The molecule has 0 atom stereocenters. The largest absolute Gasteiger partial charge is 0.289 e. The first-order chi connectivity index (χ1) is 12.7. The summed E-state index contributed by atoms with van der Waals surface area (Å²) in [5.74, 6) is -0.207. The zero-order chi connectivity index (χ0) is 18.5. The first-order valence-electron chi connectivity index (χ1n) is 8.28. The van der Waals surface area contributed by atoms with Gasteiger partial charge in [0, 0.05) is 22.3 Å². The average Bonchev–Trinajstić information content (AvgIpc) is 2.71. The highest BCUT2D eigenvalue weighted by Crippen LogP contribution is 2.27. The van der Waals surface area contributed by atoms with E-state index in [0.717, 1.165) is 10.8 Å². The van der Waals surface area contributed by atoms with Crippen molar-refractivity contribution in [1.29, 1.82) is 0 Å². The molecule has 0 unspecified atom stereocenters. The van der Waals surface area contributed by atoms with E-state index < -0.39 is 0 Å². The predicted octanol–water partition coefficient (Wildman–Crippen LogP) is 5.55. The van der Waals surface area contributed by atoms with Gasteiger partial charge in [-0.25, -0.2) is 0 Å². The SMILES string of the molecule is C=C/C=C(\C=C)C(=O)c1ccc(C(=O)c2ccccc2)c2ccccc12. The van der Waals surface area contributed by atoms with Crippen molar-refractivity contribution < 1.29 is 9.59 Å². The minimum Gasteiger partial charge on any atom is -0.289 e. The molecule has 3 rings (SSSR count). The van der Waals surface area contributed by atoms with Crippen LogP contribution in [0.25, 0.3) is 10.8 Å². The molecule has 0 aliphatic rings. The van der Waals surface area contributed by atoms with Crippen LogP contribution >= 0.6 is 0 Å². The molecule has 3 aromatic rings. The Morgan fingerprint density at radius 3 is 1.92 bits per heavy atom. The summed E-state index contributed by atoms with van der Waals surface area (Å²) in [6, 6.07) is 20.0. The molecular weight excluding hydrogens is 320 g/mol. The van der Waals surface area contributed by atoms with Crippen LogP contribution in [0.1, 0.15) is 26.3 Å². The Balaban J connectivity index is 2.18. The lowest BCUT2D eigenvalue weighted by molar-refractivity contribution is 0.102. The van der Waals surface area contributed by atoms with Gasteiger partial charge in [0.25, 0.3) is 0 Å². The summed E-state index contributed by atoms with van der Waals surface area (Å²) in [7, 11) is 0. The van der Waals surface area contributed by atoms with Crippen molar-refractivity contribution in [1.82, 2.24) is 0 Å². The van der Waals surface area contributed by atoms with Gasteiger partial charge < -0.3 is 0 Å². The maximum Gasteiger partial charge on any atom is 0.193 e. The fraction of sp³-hybridized carbons (Fsp3) is 0. The molecule has 0 bridgehead atoms. The summed E-state index contributed by atoms with van der Waals surface area (Å²) in [5, 5.41) is 1.50. The number of hydrogen-bond acceptors (Lipinski definition) is 2. The quantitative estimate of drug-likeness (QED) is 0.335. The van der Waals surface area contributed by atoms with Crippen molar-refractivity contribution in [3.8, 4) is 0 Å². The molecule has 2 heteroatoms. The van der Waals surface area contributed by atoms with E-state index in [0.29, 0.717) is 22.3 Å². The van der Waals surface area contributed by atoms with Gasteiger partial charge in [0.05, 0.1) is 0 Å². The summed E-state index contributed by atoms with van der Waals surface area (Å²) < 4.78 is 0. The van der Waals surface area contributed by atoms with Crippen molar-refractivity contribution in [2.75, 3.05) is 0 Å². The fourth-order valence-electron chi connectivity index (χ4n) is 2.96. The smallest absolute Gasteiger partial charge is 0.193 e. The van der Waals surface area contributed by atoms with E-state index >= 15 is 0 Å². The van der Waals surface area contributed by atoms with Crippen LogP contribution in [0.3, 0.4) is 0 Å². The first kappa shape index (κ1) is 17.3. The van der Waals surface area contributed by atoms with Crippen LogP contribution in [0, 0.1) is 0 Å². The van der Waals surface area contributed by atoms with Gasteiger partial charge in [-0.05, 0) is 22.9 Å². The number of Topliss-reactive ketones (excluding diaryl/α,β-unsaturated/α-hetero) is 1. The number of allylic oxidation sites excluding steroid dienone is 4. The topological polar surface area (TPSA) is 34.1 Å². The van der Waals surface area contributed by atoms with Crippen LogP contribution in [-0.4, -0.2) is 11.6 Å². The number of fused-ring (bicyclic) bond motifs is 1. The third kappa shape index (κ3) is 3.17. The molecule has 126 valence electrons. The second kappa shape index (κ2) is 7.58. The monoisotopic (exact) mass is 338 g/mol. The fourth-order valence-corrected chi connectivity index (χ4v) is 2.96. The molecule has 2 nitrogen and oxygen atoms in total. The maximum absolute atomic E-state index is 12.9. The van der Waals surface area contributed by atoms with E-state index in [1.165, 1.54) is 6.08 Å². The molecule has 0 aliphatic heterocycles. The van der Waals surface area contributed by atoms with Gasteiger partial charge in [0.15, 0.2) is 11.6 Å². The lowest BCUT2D eigenvalue weighted by Gasteiger charge is -2.11. The van der Waals surface area contributed by atoms with Crippen LogP contribution in [0.5, 0.6) is 0 Å². The van der Waals surface area contributed by atoms with Gasteiger partial charge in [-0.2, -0.15) is 0 Å². The van der Waals surface area contributed by atoms with Crippen molar-refractivity contribution in [3.05, 3.63) is 120 Å². The number of ketones is 2. The van der Waals surface area contributed by atoms with Crippen LogP contribution in [-0.2, 0) is 0 Å². The Morgan fingerprint density at radius 1 is 0.731 bits per heavy atom. The maximum atomic E-state index is 12.9. The highest BCUT2D eigenvalue weighted by molar-refractivity contribution is 6.22. The standard InChI is InChI=1S/C24H18O2/c1-3-10-17(4-2)23(25)21-15-16-22(20-14-9-8-13-19(20)21)24(26)18-11-6-5-7-12-18/h3-16H,1-2H2/b17-10+. The van der Waals surface area contributed by atoms with Crippen LogP contribution < -0.4 is 0 Å². The van der Waals surface area contributed by atoms with Crippen molar-refractivity contribution in [3.63, 3.8) is 0 Å². The Hall–Kier alpha value is -3.52. The molecular formula is C24H18O2. The van der Waals surface area contributed by atoms with Crippen LogP contribution in [0.15, 0.2) is 104 Å². The van der Waals surface area contributed by atoms with Crippen molar-refractivity contribution >= 4 is 22.3 Å². The van der Waals surface area contributed by atoms with Gasteiger partial charge in [-0.15, -0.1) is 0 Å². The molecule has 0 N–H and O–H groups in total. The average molecular weight is 338 g/mol. The molecule has 0 aliphatic carbocycles. The van der Waals surface area contributed by atoms with E-state index in [1.54, 1.807) is 36.4 Å². The summed E-state index contributed by atoms with van der Waals surface area (Å²) in [6.07, 6.45) is 4.71. The van der Waals surface area contributed by atoms with Gasteiger partial charge in [-0.1, -0.05) is 86.0 Å². The Kier molecular flexibility index (Phi) is 5.04. The third-order valence-corrected chi connectivity index (χ3v) is 4.23. The second-order valence-electron chi connectivity index (χ2n) is 5.79. The molecule has 0 spiro atoms. The van der Waals surface area contributed by atoms with Crippen LogP contribution in [0.2, 0.25) is 0 Å². The zero-order valence-corrected chi connectivity index (χ0v) is 14.3. The molecule has 0 saturated heterocycles. The number of benzene rings is 3. The highest BCUT2D eigenvalue weighted by atomic mass is 16.1. The molecule has 0 heterocycles. The summed E-state index contributed by atoms with van der Waals surface area (Å²) in [6.45, 7) is 7.34. The van der Waals surface area contributed by atoms with Crippen molar-refractivity contribution in [2.24, 2.45) is 0 Å². The van der Waals surface area contributed by atoms with Gasteiger partial charge in [0.2, 0.25) is 0 Å². The Labute approximate surface area is 152 Å².